The molecule has 3 heterocycles. The number of piperazine rings is 1. The van der Waals surface area contributed by atoms with Crippen LogP contribution in [0.5, 0.6) is 0 Å². The molecule has 0 saturated carbocycles. The summed E-state index contributed by atoms with van der Waals surface area (Å²) in [6.07, 6.45) is 1.31. The average molecular weight is 561 g/mol. The van der Waals surface area contributed by atoms with E-state index in [0.29, 0.717) is 40.3 Å². The van der Waals surface area contributed by atoms with Crippen LogP contribution in [0.2, 0.25) is 5.02 Å². The van der Waals surface area contributed by atoms with E-state index in [2.05, 4.69) is 15.3 Å². The highest BCUT2D eigenvalue weighted by molar-refractivity contribution is 7.88. The highest BCUT2D eigenvalue weighted by Gasteiger charge is 2.26. The van der Waals surface area contributed by atoms with Crippen molar-refractivity contribution in [3.63, 3.8) is 0 Å². The van der Waals surface area contributed by atoms with Crippen LogP contribution in [-0.4, -0.2) is 76.3 Å². The first-order chi connectivity index (χ1) is 17.6. The van der Waals surface area contributed by atoms with Gasteiger partial charge in [0, 0.05) is 56.7 Å². The molecule has 0 spiro atoms. The van der Waals surface area contributed by atoms with Crippen LogP contribution in [0, 0.1) is 0 Å². The molecule has 0 aliphatic carbocycles. The number of fused-ring (bicyclic) bond motifs is 2. The number of halogens is 1. The Morgan fingerprint density at radius 3 is 2.51 bits per heavy atom. The maximum absolute atomic E-state index is 12.8. The molecule has 0 radical (unpaired) electrons. The van der Waals surface area contributed by atoms with Gasteiger partial charge in [0.1, 0.15) is 0 Å². The van der Waals surface area contributed by atoms with Crippen molar-refractivity contribution < 1.29 is 18.0 Å². The summed E-state index contributed by atoms with van der Waals surface area (Å²) in [7, 11) is -1.38. The fourth-order valence-electron chi connectivity index (χ4n) is 4.32. The summed E-state index contributed by atoms with van der Waals surface area (Å²) in [4.78, 5) is 36.3. The smallest absolute Gasteiger partial charge is 0.223 e. The minimum absolute atomic E-state index is 0.0723. The maximum Gasteiger partial charge on any atom is 0.223 e. The van der Waals surface area contributed by atoms with Gasteiger partial charge in [0.05, 0.1) is 27.5 Å². The van der Waals surface area contributed by atoms with E-state index in [4.69, 9.17) is 11.6 Å². The quantitative estimate of drug-likeness (QED) is 0.343. The highest BCUT2D eigenvalue weighted by Crippen LogP contribution is 2.31. The Kier molecular flexibility index (Phi) is 6.92. The molecule has 2 aromatic heterocycles. The number of benzene rings is 2. The second-order valence-electron chi connectivity index (χ2n) is 8.92. The summed E-state index contributed by atoms with van der Waals surface area (Å²) in [5, 5.41) is 4.58. The normalized spacial score (nSPS) is 14.9. The lowest BCUT2D eigenvalue weighted by Crippen LogP contribution is -2.50. The topological polar surface area (TPSA) is 117 Å². The molecule has 1 aliphatic rings. The Bertz CT molecular complexity index is 1620. The molecule has 37 heavy (non-hydrogen) atoms. The number of rotatable bonds is 7. The molecule has 1 fully saturated rings. The van der Waals surface area contributed by atoms with Crippen molar-refractivity contribution in [3.05, 3.63) is 47.0 Å². The van der Waals surface area contributed by atoms with Crippen LogP contribution in [0.3, 0.4) is 0 Å². The number of hydrogen-bond acceptors (Lipinski definition) is 8. The van der Waals surface area contributed by atoms with E-state index in [-0.39, 0.29) is 37.6 Å². The monoisotopic (exact) mass is 560 g/mol. The predicted octanol–water partition coefficient (Wildman–Crippen LogP) is 3.65. The number of sulfonamides is 1. The molecule has 2 aromatic carbocycles. The number of carbonyl (C=O) groups is 2. The second kappa shape index (κ2) is 10.0. The number of anilines is 2. The van der Waals surface area contributed by atoms with Crippen LogP contribution in [0.25, 0.3) is 21.3 Å². The lowest BCUT2D eigenvalue weighted by molar-refractivity contribution is -0.132. The highest BCUT2D eigenvalue weighted by atomic mass is 35.5. The molecule has 13 heteroatoms. The van der Waals surface area contributed by atoms with Crippen molar-refractivity contribution in [2.75, 3.05) is 37.8 Å². The van der Waals surface area contributed by atoms with E-state index >= 15 is 0 Å². The number of amides is 1. The lowest BCUT2D eigenvalue weighted by atomic mass is 10.1. The van der Waals surface area contributed by atoms with Gasteiger partial charge in [0.15, 0.2) is 10.9 Å². The third-order valence-electron chi connectivity index (χ3n) is 6.40. The summed E-state index contributed by atoms with van der Waals surface area (Å²) in [5.41, 5.74) is 2.84. The number of ketones is 1. The summed E-state index contributed by atoms with van der Waals surface area (Å²) in [5.74, 6) is 0.297. The van der Waals surface area contributed by atoms with Crippen molar-refractivity contribution in [1.29, 1.82) is 0 Å². The molecule has 10 nitrogen and oxygen atoms in total. The number of nitrogens with zero attached hydrogens (tertiary/aromatic N) is 5. The summed E-state index contributed by atoms with van der Waals surface area (Å²) < 4.78 is 27.5. The third kappa shape index (κ3) is 5.47. The molecule has 1 saturated heterocycles. The fraction of sp³-hybridized carbons (Fsp3) is 0.333. The molecule has 194 valence electrons. The van der Waals surface area contributed by atoms with Crippen LogP contribution < -0.4 is 5.32 Å². The van der Waals surface area contributed by atoms with E-state index in [9.17, 15) is 18.0 Å². The lowest BCUT2D eigenvalue weighted by Gasteiger charge is -2.33. The third-order valence-corrected chi connectivity index (χ3v) is 8.87. The van der Waals surface area contributed by atoms with Crippen molar-refractivity contribution in [2.24, 2.45) is 7.05 Å². The average Bonchev–Trinajstić information content (AvgIpc) is 3.41. The fourth-order valence-corrected chi connectivity index (χ4v) is 6.29. The molecule has 0 bridgehead atoms. The number of Topliss-reactive ketones (excluding diaryl/α,β-unsaturated/α-hetero) is 1. The van der Waals surface area contributed by atoms with Gasteiger partial charge < -0.3 is 14.8 Å². The van der Waals surface area contributed by atoms with E-state index in [0.717, 1.165) is 22.0 Å². The zero-order valence-electron chi connectivity index (χ0n) is 20.3. The number of nitrogens with one attached hydrogen (secondary N) is 1. The van der Waals surface area contributed by atoms with Crippen LogP contribution in [-0.2, 0) is 21.9 Å². The van der Waals surface area contributed by atoms with Gasteiger partial charge in [-0.1, -0.05) is 22.9 Å². The van der Waals surface area contributed by atoms with E-state index in [1.165, 1.54) is 15.6 Å². The Balaban J connectivity index is 1.23. The SMILES string of the molecule is Cn1c(Nc2nc3ccc(Cl)cc3s2)nc2cc(C(=O)CCC(=O)N3CCN(S(C)(=O)=O)CC3)ccc21. The van der Waals surface area contributed by atoms with Gasteiger partial charge in [0.2, 0.25) is 21.9 Å². The second-order valence-corrected chi connectivity index (χ2v) is 12.4. The summed E-state index contributed by atoms with van der Waals surface area (Å²) in [6, 6.07) is 10.8. The van der Waals surface area contributed by atoms with E-state index in [1.807, 2.05) is 29.8 Å². The number of hydrogen-bond donors (Lipinski definition) is 1. The first kappa shape index (κ1) is 25.6. The van der Waals surface area contributed by atoms with E-state index in [1.54, 1.807) is 23.1 Å². The Morgan fingerprint density at radius 2 is 1.78 bits per heavy atom. The zero-order valence-corrected chi connectivity index (χ0v) is 22.7. The van der Waals surface area contributed by atoms with Crippen LogP contribution in [0.15, 0.2) is 36.4 Å². The number of aryl methyl sites for hydroxylation is 1. The standard InChI is InChI=1S/C24H25ClN6O4S2/c1-29-19-6-3-15(20(32)7-8-22(33)30-9-11-31(12-10-30)37(2,34)35)13-18(19)26-23(29)28-24-27-17-5-4-16(25)14-21(17)36-24/h3-6,13-14H,7-12H2,1-2H3,(H,26,27,28). The van der Waals surface area contributed by atoms with Crippen LogP contribution >= 0.6 is 22.9 Å². The van der Waals surface area contributed by atoms with Gasteiger partial charge in [0.25, 0.3) is 0 Å². The van der Waals surface area contributed by atoms with Gasteiger partial charge >= 0.3 is 0 Å². The predicted molar refractivity (Wildman–Crippen MR) is 145 cm³/mol. The van der Waals surface area contributed by atoms with Gasteiger partial charge in [-0.05, 0) is 36.4 Å². The molecular formula is C24H25ClN6O4S2. The van der Waals surface area contributed by atoms with Crippen molar-refractivity contribution in [1.82, 2.24) is 23.7 Å². The van der Waals surface area contributed by atoms with Gasteiger partial charge in [-0.25, -0.2) is 18.4 Å². The minimum atomic E-state index is -3.26. The molecule has 0 unspecified atom stereocenters. The summed E-state index contributed by atoms with van der Waals surface area (Å²) >= 11 is 7.55. The number of thiazole rings is 1. The molecule has 1 aliphatic heterocycles. The largest absolute Gasteiger partial charge is 0.340 e. The molecule has 4 aromatic rings. The summed E-state index contributed by atoms with van der Waals surface area (Å²) in [6.45, 7) is 1.21. The van der Waals surface area contributed by atoms with Gasteiger partial charge in [-0.3, -0.25) is 9.59 Å². The van der Waals surface area contributed by atoms with Crippen molar-refractivity contribution >= 4 is 77.0 Å². The minimum Gasteiger partial charge on any atom is -0.340 e. The van der Waals surface area contributed by atoms with Gasteiger partial charge in [-0.15, -0.1) is 0 Å². The zero-order chi connectivity index (χ0) is 26.3. The Labute approximate surface area is 222 Å². The van der Waals surface area contributed by atoms with Crippen LogP contribution in [0.1, 0.15) is 23.2 Å². The first-order valence-electron chi connectivity index (χ1n) is 11.6. The molecule has 1 amide bonds. The number of imidazole rings is 1. The Morgan fingerprint density at radius 1 is 1.03 bits per heavy atom. The molecule has 1 N–H and O–H groups in total. The van der Waals surface area contributed by atoms with Crippen molar-refractivity contribution in [2.45, 2.75) is 12.8 Å². The first-order valence-corrected chi connectivity index (χ1v) is 14.7. The molecule has 5 rings (SSSR count). The number of aromatic nitrogens is 3. The maximum atomic E-state index is 12.8. The van der Waals surface area contributed by atoms with E-state index < -0.39 is 10.0 Å². The van der Waals surface area contributed by atoms with Crippen molar-refractivity contribution in [3.8, 4) is 0 Å². The number of carbonyl (C=O) groups excluding carboxylic acids is 2. The molecular weight excluding hydrogens is 536 g/mol. The van der Waals surface area contributed by atoms with Crippen LogP contribution in [0.4, 0.5) is 11.1 Å². The van der Waals surface area contributed by atoms with Gasteiger partial charge in [-0.2, -0.15) is 4.31 Å². The molecule has 0 atom stereocenters. The Hall–Kier alpha value is -3.06.